The van der Waals surface area contributed by atoms with Gasteiger partial charge in [-0.3, -0.25) is 0 Å². The minimum Gasteiger partial charge on any atom is -0.493 e. The second kappa shape index (κ2) is 7.46. The van der Waals surface area contributed by atoms with Crippen molar-refractivity contribution in [3.8, 4) is 5.75 Å². The van der Waals surface area contributed by atoms with Crippen molar-refractivity contribution >= 4 is 21.6 Å². The van der Waals surface area contributed by atoms with Crippen LogP contribution in [-0.4, -0.2) is 6.61 Å². The second-order valence-corrected chi connectivity index (χ2v) is 6.24. The molecule has 4 heteroatoms. The Kier molecular flexibility index (Phi) is 5.62. The summed E-state index contributed by atoms with van der Waals surface area (Å²) in [6.45, 7) is 5.34. The zero-order chi connectivity index (χ0) is 15.2. The first kappa shape index (κ1) is 15.8. The van der Waals surface area contributed by atoms with E-state index in [1.54, 1.807) is 6.07 Å². The monoisotopic (exact) mass is 351 g/mol. The maximum absolute atomic E-state index is 13.7. The summed E-state index contributed by atoms with van der Waals surface area (Å²) in [6.07, 6.45) is 0. The van der Waals surface area contributed by atoms with Crippen LogP contribution in [-0.2, 0) is 6.54 Å². The molecular weight excluding hydrogens is 333 g/mol. The van der Waals surface area contributed by atoms with Crippen LogP contribution in [0.25, 0.3) is 0 Å². The third-order valence-corrected chi connectivity index (χ3v) is 3.41. The molecule has 1 N–H and O–H groups in total. The molecule has 2 rings (SSSR count). The quantitative estimate of drug-likeness (QED) is 0.768. The first-order valence-corrected chi connectivity index (χ1v) is 7.74. The fourth-order valence-electron chi connectivity index (χ4n) is 1.82. The average molecular weight is 352 g/mol. The molecule has 0 fully saturated rings. The van der Waals surface area contributed by atoms with Gasteiger partial charge in [-0.1, -0.05) is 41.9 Å². The maximum Gasteiger partial charge on any atom is 0.129 e. The van der Waals surface area contributed by atoms with Gasteiger partial charge in [0, 0.05) is 28.3 Å². The number of hydrogen-bond acceptors (Lipinski definition) is 2. The highest BCUT2D eigenvalue weighted by Gasteiger charge is 2.03. The van der Waals surface area contributed by atoms with Gasteiger partial charge >= 0.3 is 0 Å². The summed E-state index contributed by atoms with van der Waals surface area (Å²) in [5, 5.41) is 3.21. The van der Waals surface area contributed by atoms with Crippen molar-refractivity contribution in [2.45, 2.75) is 20.4 Å². The molecule has 0 spiro atoms. The number of benzene rings is 2. The van der Waals surface area contributed by atoms with E-state index in [4.69, 9.17) is 4.74 Å². The Labute approximate surface area is 133 Å². The summed E-state index contributed by atoms with van der Waals surface area (Å²) in [4.78, 5) is 0. The summed E-state index contributed by atoms with van der Waals surface area (Å²) >= 11 is 3.25. The highest BCUT2D eigenvalue weighted by Crippen LogP contribution is 2.20. The van der Waals surface area contributed by atoms with Gasteiger partial charge in [0.2, 0.25) is 0 Å². The molecule has 112 valence electrons. The van der Waals surface area contributed by atoms with E-state index in [-0.39, 0.29) is 5.82 Å². The van der Waals surface area contributed by atoms with Crippen LogP contribution in [0.4, 0.5) is 10.1 Å². The highest BCUT2D eigenvalue weighted by molar-refractivity contribution is 9.10. The smallest absolute Gasteiger partial charge is 0.129 e. The Bertz CT molecular complexity index is 601. The third kappa shape index (κ3) is 5.05. The van der Waals surface area contributed by atoms with Gasteiger partial charge in [-0.05, 0) is 30.2 Å². The highest BCUT2D eigenvalue weighted by atomic mass is 79.9. The molecule has 2 aromatic carbocycles. The summed E-state index contributed by atoms with van der Waals surface area (Å²) in [5.74, 6) is 1.09. The predicted molar refractivity (Wildman–Crippen MR) is 88.2 cm³/mol. The van der Waals surface area contributed by atoms with Crippen LogP contribution in [0.15, 0.2) is 46.9 Å². The van der Waals surface area contributed by atoms with Crippen molar-refractivity contribution in [3.63, 3.8) is 0 Å². The van der Waals surface area contributed by atoms with E-state index in [2.05, 4.69) is 35.1 Å². The SMILES string of the molecule is CC(C)COc1cccc(NCc2ccc(Br)cc2F)c1. The van der Waals surface area contributed by atoms with E-state index in [9.17, 15) is 4.39 Å². The van der Waals surface area contributed by atoms with Crippen LogP contribution in [0.5, 0.6) is 5.75 Å². The Balaban J connectivity index is 1.98. The summed E-state index contributed by atoms with van der Waals surface area (Å²) in [6, 6.07) is 12.8. The van der Waals surface area contributed by atoms with Crippen molar-refractivity contribution in [2.75, 3.05) is 11.9 Å². The molecule has 0 atom stereocenters. The summed E-state index contributed by atoms with van der Waals surface area (Å²) in [7, 11) is 0. The first-order chi connectivity index (χ1) is 10.0. The number of nitrogens with one attached hydrogen (secondary N) is 1. The largest absolute Gasteiger partial charge is 0.493 e. The van der Waals surface area contributed by atoms with Crippen LogP contribution in [0, 0.1) is 11.7 Å². The van der Waals surface area contributed by atoms with Gasteiger partial charge in [0.05, 0.1) is 6.61 Å². The zero-order valence-corrected chi connectivity index (χ0v) is 13.8. The van der Waals surface area contributed by atoms with Crippen molar-refractivity contribution in [2.24, 2.45) is 5.92 Å². The summed E-state index contributed by atoms with van der Waals surface area (Å²) < 4.78 is 20.2. The van der Waals surface area contributed by atoms with Gasteiger partial charge in [0.25, 0.3) is 0 Å². The molecule has 2 aromatic rings. The Hall–Kier alpha value is -1.55. The fraction of sp³-hybridized carbons (Fsp3) is 0.294. The van der Waals surface area contributed by atoms with Crippen LogP contribution in [0.2, 0.25) is 0 Å². The lowest BCUT2D eigenvalue weighted by Gasteiger charge is -2.11. The minimum atomic E-state index is -0.218. The normalized spacial score (nSPS) is 10.7. The molecule has 2 nitrogen and oxygen atoms in total. The predicted octanol–water partition coefficient (Wildman–Crippen LogP) is 5.24. The van der Waals surface area contributed by atoms with Crippen LogP contribution >= 0.6 is 15.9 Å². The molecule has 0 bridgehead atoms. The molecule has 0 aliphatic heterocycles. The molecule has 0 aliphatic rings. The van der Waals surface area contributed by atoms with E-state index in [0.29, 0.717) is 24.6 Å². The second-order valence-electron chi connectivity index (χ2n) is 5.32. The Morgan fingerprint density at radius 1 is 1.19 bits per heavy atom. The number of hydrogen-bond donors (Lipinski definition) is 1. The van der Waals surface area contributed by atoms with E-state index in [0.717, 1.165) is 15.9 Å². The molecule has 0 amide bonds. The molecular formula is C17H19BrFNO. The van der Waals surface area contributed by atoms with Gasteiger partial charge in [-0.25, -0.2) is 4.39 Å². The van der Waals surface area contributed by atoms with Crippen LogP contribution < -0.4 is 10.1 Å². The number of ether oxygens (including phenoxy) is 1. The zero-order valence-electron chi connectivity index (χ0n) is 12.2. The van der Waals surface area contributed by atoms with Crippen molar-refractivity contribution < 1.29 is 9.13 Å². The summed E-state index contributed by atoms with van der Waals surface area (Å²) in [5.41, 5.74) is 1.55. The molecule has 0 saturated heterocycles. The van der Waals surface area contributed by atoms with E-state index >= 15 is 0 Å². The van der Waals surface area contributed by atoms with E-state index in [1.807, 2.05) is 30.3 Å². The van der Waals surface area contributed by atoms with Crippen LogP contribution in [0.1, 0.15) is 19.4 Å². The van der Waals surface area contributed by atoms with Crippen molar-refractivity contribution in [1.82, 2.24) is 0 Å². The lowest BCUT2D eigenvalue weighted by molar-refractivity contribution is 0.271. The third-order valence-electron chi connectivity index (χ3n) is 2.92. The molecule has 0 radical (unpaired) electrons. The van der Waals surface area contributed by atoms with Gasteiger partial charge < -0.3 is 10.1 Å². The standard InChI is InChI=1S/C17H19BrFNO/c1-12(2)11-21-16-5-3-4-15(9-16)20-10-13-6-7-14(18)8-17(13)19/h3-9,12,20H,10-11H2,1-2H3. The molecule has 0 saturated carbocycles. The Morgan fingerprint density at radius 3 is 2.71 bits per heavy atom. The number of anilines is 1. The first-order valence-electron chi connectivity index (χ1n) is 6.95. The molecule has 0 aromatic heterocycles. The number of halogens is 2. The maximum atomic E-state index is 13.7. The fourth-order valence-corrected chi connectivity index (χ4v) is 2.15. The van der Waals surface area contributed by atoms with Gasteiger partial charge in [0.1, 0.15) is 11.6 Å². The lowest BCUT2D eigenvalue weighted by Crippen LogP contribution is -2.05. The van der Waals surface area contributed by atoms with E-state index < -0.39 is 0 Å². The molecule has 0 unspecified atom stereocenters. The van der Waals surface area contributed by atoms with E-state index in [1.165, 1.54) is 6.07 Å². The topological polar surface area (TPSA) is 21.3 Å². The number of rotatable bonds is 6. The van der Waals surface area contributed by atoms with Crippen LogP contribution in [0.3, 0.4) is 0 Å². The Morgan fingerprint density at radius 2 is 2.00 bits per heavy atom. The van der Waals surface area contributed by atoms with Crippen molar-refractivity contribution in [3.05, 3.63) is 58.3 Å². The average Bonchev–Trinajstić information content (AvgIpc) is 2.45. The van der Waals surface area contributed by atoms with Gasteiger partial charge in [-0.2, -0.15) is 0 Å². The van der Waals surface area contributed by atoms with Crippen molar-refractivity contribution in [1.29, 1.82) is 0 Å². The molecule has 21 heavy (non-hydrogen) atoms. The van der Waals surface area contributed by atoms with Gasteiger partial charge in [0.15, 0.2) is 0 Å². The molecule has 0 aliphatic carbocycles. The lowest BCUT2D eigenvalue weighted by atomic mass is 10.2. The minimum absolute atomic E-state index is 0.218. The van der Waals surface area contributed by atoms with Gasteiger partial charge in [-0.15, -0.1) is 0 Å². The molecule has 0 heterocycles.